The lowest BCUT2D eigenvalue weighted by Crippen LogP contribution is -2.60. The van der Waals surface area contributed by atoms with Crippen molar-refractivity contribution >= 4 is 5.91 Å². The van der Waals surface area contributed by atoms with Gasteiger partial charge >= 0.3 is 0 Å². The second-order valence-electron chi connectivity index (χ2n) is 7.64. The van der Waals surface area contributed by atoms with Gasteiger partial charge in [-0.05, 0) is 51.4 Å². The van der Waals surface area contributed by atoms with Crippen LogP contribution in [0.2, 0.25) is 0 Å². The highest BCUT2D eigenvalue weighted by atomic mass is 16.3. The lowest BCUT2D eigenvalue weighted by atomic mass is 9.53. The Morgan fingerprint density at radius 3 is 2.25 bits per heavy atom. The van der Waals surface area contributed by atoms with E-state index in [1.807, 2.05) is 6.92 Å². The topological polar surface area (TPSA) is 40.5 Å². The highest BCUT2D eigenvalue weighted by Crippen LogP contribution is 2.56. The lowest BCUT2D eigenvalue weighted by molar-refractivity contribution is -0.180. The number of hydrogen-bond donors (Lipinski definition) is 1. The molecule has 0 radical (unpaired) electrons. The van der Waals surface area contributed by atoms with Gasteiger partial charge in [0.25, 0.3) is 0 Å². The molecule has 2 aliphatic carbocycles. The molecule has 1 N–H and O–H groups in total. The fraction of sp³-hybridized carbons (Fsp3) is 0.941. The van der Waals surface area contributed by atoms with Gasteiger partial charge in [0.15, 0.2) is 0 Å². The molecule has 20 heavy (non-hydrogen) atoms. The summed E-state index contributed by atoms with van der Waals surface area (Å²) in [5.41, 5.74) is -0.361. The van der Waals surface area contributed by atoms with Crippen molar-refractivity contribution in [1.29, 1.82) is 0 Å². The Hall–Kier alpha value is -0.570. The predicted molar refractivity (Wildman–Crippen MR) is 79.3 cm³/mol. The quantitative estimate of drug-likeness (QED) is 0.843. The molecule has 3 fully saturated rings. The third kappa shape index (κ3) is 2.49. The summed E-state index contributed by atoms with van der Waals surface area (Å²) in [7, 11) is 0. The number of carbonyl (C=O) groups excluding carboxylic acids is 1. The summed E-state index contributed by atoms with van der Waals surface area (Å²) in [5.74, 6) is 1.00. The largest absolute Gasteiger partial charge is 0.390 e. The Kier molecular flexibility index (Phi) is 3.83. The fourth-order valence-electron chi connectivity index (χ4n) is 4.58. The summed E-state index contributed by atoms with van der Waals surface area (Å²) >= 11 is 0. The van der Waals surface area contributed by atoms with Crippen molar-refractivity contribution in [3.8, 4) is 0 Å². The maximum atomic E-state index is 12.4. The van der Waals surface area contributed by atoms with E-state index in [9.17, 15) is 9.90 Å². The van der Waals surface area contributed by atoms with Crippen LogP contribution in [-0.4, -0.2) is 34.6 Å². The summed E-state index contributed by atoms with van der Waals surface area (Å²) in [6.07, 6.45) is 11.3. The van der Waals surface area contributed by atoms with E-state index in [0.29, 0.717) is 11.8 Å². The van der Waals surface area contributed by atoms with E-state index in [1.54, 1.807) is 0 Å². The van der Waals surface area contributed by atoms with Crippen molar-refractivity contribution in [1.82, 2.24) is 4.90 Å². The molecule has 0 aromatic heterocycles. The summed E-state index contributed by atoms with van der Waals surface area (Å²) in [6.45, 7) is 3.71. The van der Waals surface area contributed by atoms with Gasteiger partial charge in [-0.25, -0.2) is 0 Å². The number of aliphatic hydroxyl groups is 1. The molecule has 1 heterocycles. The number of amides is 1. The van der Waals surface area contributed by atoms with Crippen molar-refractivity contribution < 1.29 is 9.90 Å². The van der Waals surface area contributed by atoms with Crippen molar-refractivity contribution in [3.05, 3.63) is 0 Å². The normalized spacial score (nSPS) is 34.0. The van der Waals surface area contributed by atoms with E-state index in [-0.39, 0.29) is 5.41 Å². The van der Waals surface area contributed by atoms with Gasteiger partial charge in [-0.2, -0.15) is 0 Å². The van der Waals surface area contributed by atoms with Crippen molar-refractivity contribution in [2.45, 2.75) is 76.7 Å². The molecule has 114 valence electrons. The van der Waals surface area contributed by atoms with E-state index in [1.165, 1.54) is 32.1 Å². The molecule has 1 unspecified atom stereocenters. The maximum absolute atomic E-state index is 12.4. The Balaban J connectivity index is 1.49. The molecule has 1 amide bonds. The minimum Gasteiger partial charge on any atom is -0.390 e. The van der Waals surface area contributed by atoms with Crippen LogP contribution in [0.25, 0.3) is 0 Å². The van der Waals surface area contributed by atoms with Gasteiger partial charge in [0.05, 0.1) is 5.60 Å². The first-order valence-corrected chi connectivity index (χ1v) is 8.53. The molecule has 1 aliphatic heterocycles. The lowest BCUT2D eigenvalue weighted by Gasteiger charge is -2.58. The second-order valence-corrected chi connectivity index (χ2v) is 7.64. The first kappa shape index (κ1) is 14.4. The number of carbonyl (C=O) groups is 1. The first-order valence-electron chi connectivity index (χ1n) is 8.53. The minimum atomic E-state index is -0.481. The van der Waals surface area contributed by atoms with Crippen molar-refractivity contribution in [3.63, 3.8) is 0 Å². The molecule has 1 spiro atoms. The third-order valence-electron chi connectivity index (χ3n) is 6.49. The molecule has 2 saturated carbocycles. The van der Waals surface area contributed by atoms with Crippen LogP contribution in [0.15, 0.2) is 0 Å². The average molecular weight is 279 g/mol. The highest BCUT2D eigenvalue weighted by Gasteiger charge is 2.55. The van der Waals surface area contributed by atoms with Crippen LogP contribution < -0.4 is 0 Å². The molecule has 0 aromatic carbocycles. The Morgan fingerprint density at radius 1 is 1.10 bits per heavy atom. The Labute approximate surface area is 122 Å². The van der Waals surface area contributed by atoms with Gasteiger partial charge in [0.1, 0.15) is 0 Å². The molecular weight excluding hydrogens is 250 g/mol. The number of likely N-dealkylation sites (tertiary alicyclic amines) is 1. The van der Waals surface area contributed by atoms with E-state index in [2.05, 4.69) is 4.90 Å². The minimum absolute atomic E-state index is 0.120. The van der Waals surface area contributed by atoms with Gasteiger partial charge < -0.3 is 10.0 Å². The van der Waals surface area contributed by atoms with Crippen LogP contribution in [0, 0.1) is 11.3 Å². The van der Waals surface area contributed by atoms with Gasteiger partial charge in [-0.15, -0.1) is 0 Å². The number of piperidine rings is 1. The van der Waals surface area contributed by atoms with E-state index in [0.717, 1.165) is 45.2 Å². The third-order valence-corrected chi connectivity index (χ3v) is 6.49. The number of nitrogens with zero attached hydrogens (tertiary/aromatic N) is 1. The molecule has 3 aliphatic rings. The SMILES string of the molecule is CC1(O)CCC12CCN(C(=O)CC1CCCCC1)CC2. The molecule has 3 heteroatoms. The van der Waals surface area contributed by atoms with Crippen LogP contribution in [0.1, 0.15) is 71.1 Å². The fourth-order valence-corrected chi connectivity index (χ4v) is 4.58. The van der Waals surface area contributed by atoms with E-state index >= 15 is 0 Å². The first-order chi connectivity index (χ1) is 9.52. The van der Waals surface area contributed by atoms with Crippen molar-refractivity contribution in [2.75, 3.05) is 13.1 Å². The van der Waals surface area contributed by atoms with E-state index in [4.69, 9.17) is 0 Å². The molecule has 0 bridgehead atoms. The second kappa shape index (κ2) is 5.32. The van der Waals surface area contributed by atoms with Gasteiger partial charge in [-0.1, -0.05) is 19.3 Å². The standard InChI is InChI=1S/C17H29NO2/c1-16(20)7-8-17(16)9-11-18(12-10-17)15(19)13-14-5-3-2-4-6-14/h14,20H,2-13H2,1H3. The van der Waals surface area contributed by atoms with Crippen molar-refractivity contribution in [2.24, 2.45) is 11.3 Å². The zero-order chi connectivity index (χ0) is 14.2. The van der Waals surface area contributed by atoms with Crippen LogP contribution in [-0.2, 0) is 4.79 Å². The summed E-state index contributed by atoms with van der Waals surface area (Å²) in [4.78, 5) is 14.5. The predicted octanol–water partition coefficient (Wildman–Crippen LogP) is 3.11. The number of rotatable bonds is 2. The average Bonchev–Trinajstić information content (AvgIpc) is 2.47. The monoisotopic (exact) mass is 279 g/mol. The van der Waals surface area contributed by atoms with Gasteiger partial charge in [0.2, 0.25) is 5.91 Å². The van der Waals surface area contributed by atoms with Gasteiger partial charge in [0, 0.05) is 24.9 Å². The maximum Gasteiger partial charge on any atom is 0.222 e. The molecule has 1 saturated heterocycles. The van der Waals surface area contributed by atoms with Gasteiger partial charge in [-0.3, -0.25) is 4.79 Å². The summed E-state index contributed by atoms with van der Waals surface area (Å²) in [6, 6.07) is 0. The zero-order valence-electron chi connectivity index (χ0n) is 12.9. The summed E-state index contributed by atoms with van der Waals surface area (Å²) < 4.78 is 0. The highest BCUT2D eigenvalue weighted by molar-refractivity contribution is 5.76. The van der Waals surface area contributed by atoms with Crippen LogP contribution in [0.4, 0.5) is 0 Å². The summed E-state index contributed by atoms with van der Waals surface area (Å²) in [5, 5.41) is 10.4. The smallest absolute Gasteiger partial charge is 0.222 e. The zero-order valence-corrected chi connectivity index (χ0v) is 12.9. The van der Waals surface area contributed by atoms with Crippen LogP contribution in [0.3, 0.4) is 0 Å². The molecule has 3 nitrogen and oxygen atoms in total. The van der Waals surface area contributed by atoms with E-state index < -0.39 is 5.60 Å². The molecule has 0 aromatic rings. The van der Waals surface area contributed by atoms with Crippen LogP contribution >= 0.6 is 0 Å². The Bertz CT molecular complexity index is 363. The van der Waals surface area contributed by atoms with Crippen LogP contribution in [0.5, 0.6) is 0 Å². The Morgan fingerprint density at radius 2 is 1.75 bits per heavy atom. The molecule has 1 atom stereocenters. The number of hydrogen-bond acceptors (Lipinski definition) is 2. The molecular formula is C17H29NO2. The molecule has 3 rings (SSSR count).